The lowest BCUT2D eigenvalue weighted by atomic mass is 9.49. The van der Waals surface area contributed by atoms with Gasteiger partial charge in [-0.05, 0) is 62.2 Å². The summed E-state index contributed by atoms with van der Waals surface area (Å²) in [7, 11) is 0. The molecule has 4 saturated carbocycles. The minimum atomic E-state index is -0.274. The van der Waals surface area contributed by atoms with Gasteiger partial charge in [0.2, 0.25) is 0 Å². The van der Waals surface area contributed by atoms with Crippen LogP contribution in [0.4, 0.5) is 0 Å². The Hall–Kier alpha value is -1.10. The summed E-state index contributed by atoms with van der Waals surface area (Å²) in [6.07, 6.45) is 7.18. The van der Waals surface area contributed by atoms with Crippen LogP contribution in [0.1, 0.15) is 59.3 Å². The van der Waals surface area contributed by atoms with Gasteiger partial charge in [0.05, 0.1) is 12.5 Å². The van der Waals surface area contributed by atoms with Crippen LogP contribution in [0.25, 0.3) is 0 Å². The first-order valence-electron chi connectivity index (χ1n) is 9.90. The van der Waals surface area contributed by atoms with E-state index < -0.39 is 0 Å². The number of ether oxygens (including phenoxy) is 3. The molecule has 4 aliphatic carbocycles. The Balaban J connectivity index is 1.45. The van der Waals surface area contributed by atoms with Crippen molar-refractivity contribution in [3.63, 3.8) is 0 Å². The van der Waals surface area contributed by atoms with Crippen molar-refractivity contribution < 1.29 is 23.8 Å². The Morgan fingerprint density at radius 1 is 1.00 bits per heavy atom. The highest BCUT2D eigenvalue weighted by Crippen LogP contribution is 2.60. The molecule has 0 unspecified atom stereocenters. The maximum Gasteiger partial charge on any atom is 0.332 e. The van der Waals surface area contributed by atoms with E-state index in [9.17, 15) is 9.59 Å². The van der Waals surface area contributed by atoms with Gasteiger partial charge in [-0.2, -0.15) is 0 Å². The molecular weight excluding hydrogens is 320 g/mol. The molecule has 0 atom stereocenters. The van der Waals surface area contributed by atoms with Crippen LogP contribution in [0.2, 0.25) is 0 Å². The molecule has 25 heavy (non-hydrogen) atoms. The first-order valence-corrected chi connectivity index (χ1v) is 9.90. The van der Waals surface area contributed by atoms with Crippen LogP contribution in [0, 0.1) is 29.6 Å². The number of esters is 2. The molecule has 4 bridgehead atoms. The Kier molecular flexibility index (Phi) is 5.71. The molecule has 0 heterocycles. The third-order valence-electron chi connectivity index (χ3n) is 6.54. The lowest BCUT2D eigenvalue weighted by molar-refractivity contribution is -0.214. The number of carbonyl (C=O) groups is 2. The third-order valence-corrected chi connectivity index (χ3v) is 6.54. The molecule has 0 aliphatic heterocycles. The van der Waals surface area contributed by atoms with E-state index >= 15 is 0 Å². The molecule has 0 aromatic rings. The highest BCUT2D eigenvalue weighted by atomic mass is 16.6. The minimum absolute atomic E-state index is 0.0622. The maximum atomic E-state index is 12.3. The van der Waals surface area contributed by atoms with Gasteiger partial charge in [0.25, 0.3) is 0 Å². The van der Waals surface area contributed by atoms with Crippen molar-refractivity contribution in [3.8, 4) is 0 Å². The average molecular weight is 352 g/mol. The highest BCUT2D eigenvalue weighted by Gasteiger charge is 2.58. The topological polar surface area (TPSA) is 61.8 Å². The maximum absolute atomic E-state index is 12.3. The zero-order valence-electron chi connectivity index (χ0n) is 15.8. The van der Waals surface area contributed by atoms with Crippen molar-refractivity contribution in [2.75, 3.05) is 19.8 Å². The normalized spacial score (nSPS) is 35.8. The van der Waals surface area contributed by atoms with Crippen LogP contribution < -0.4 is 0 Å². The zero-order valence-corrected chi connectivity index (χ0v) is 15.8. The first-order chi connectivity index (χ1) is 11.9. The number of hydrogen-bond acceptors (Lipinski definition) is 5. The van der Waals surface area contributed by atoms with E-state index in [4.69, 9.17) is 14.2 Å². The van der Waals surface area contributed by atoms with Crippen LogP contribution in [-0.4, -0.2) is 37.4 Å². The van der Waals surface area contributed by atoms with Gasteiger partial charge in [-0.15, -0.1) is 0 Å². The molecule has 142 valence electrons. The van der Waals surface area contributed by atoms with Crippen molar-refractivity contribution in [1.29, 1.82) is 0 Å². The zero-order chi connectivity index (χ0) is 18.0. The van der Waals surface area contributed by atoms with E-state index in [0.29, 0.717) is 11.8 Å². The van der Waals surface area contributed by atoms with Gasteiger partial charge in [-0.1, -0.05) is 20.8 Å². The fourth-order valence-electron chi connectivity index (χ4n) is 5.56. The number of carbonyl (C=O) groups excluding carboxylic acids is 2. The van der Waals surface area contributed by atoms with E-state index in [-0.39, 0.29) is 43.3 Å². The van der Waals surface area contributed by atoms with Gasteiger partial charge in [-0.25, -0.2) is 4.79 Å². The quantitative estimate of drug-likeness (QED) is 0.495. The predicted molar refractivity (Wildman–Crippen MR) is 92.8 cm³/mol. The smallest absolute Gasteiger partial charge is 0.332 e. The van der Waals surface area contributed by atoms with Crippen molar-refractivity contribution in [2.45, 2.75) is 64.9 Å². The summed E-state index contributed by atoms with van der Waals surface area (Å²) in [5, 5.41) is 0. The molecule has 4 aliphatic rings. The van der Waals surface area contributed by atoms with Gasteiger partial charge in [-0.3, -0.25) is 4.79 Å². The van der Waals surface area contributed by atoms with Gasteiger partial charge in [0, 0.05) is 0 Å². The lowest BCUT2D eigenvalue weighted by Crippen LogP contribution is -2.59. The fourth-order valence-corrected chi connectivity index (χ4v) is 5.56. The molecule has 4 rings (SSSR count). The Labute approximate surface area is 150 Å². The SMILES string of the molecule is CCC1(OC(=O)COCCOC(=O)C(C)C)C2CC3CC(C2)CC1C3. The van der Waals surface area contributed by atoms with E-state index in [1.807, 2.05) is 0 Å². The van der Waals surface area contributed by atoms with Crippen molar-refractivity contribution in [1.82, 2.24) is 0 Å². The second-order valence-corrected chi connectivity index (χ2v) is 8.46. The molecule has 4 fully saturated rings. The predicted octanol–water partition coefficient (Wildman–Crippen LogP) is 3.35. The Morgan fingerprint density at radius 2 is 1.60 bits per heavy atom. The van der Waals surface area contributed by atoms with E-state index in [1.165, 1.54) is 32.1 Å². The van der Waals surface area contributed by atoms with Crippen LogP contribution >= 0.6 is 0 Å². The molecule has 5 nitrogen and oxygen atoms in total. The molecular formula is C20H32O5. The van der Waals surface area contributed by atoms with E-state index in [1.54, 1.807) is 13.8 Å². The number of rotatable bonds is 8. The van der Waals surface area contributed by atoms with Crippen molar-refractivity contribution in [2.24, 2.45) is 29.6 Å². The highest BCUT2D eigenvalue weighted by molar-refractivity contribution is 5.72. The molecule has 5 heteroatoms. The Bertz CT molecular complexity index is 470. The summed E-state index contributed by atoms with van der Waals surface area (Å²) in [4.78, 5) is 23.7. The van der Waals surface area contributed by atoms with Gasteiger partial charge in [0.1, 0.15) is 18.8 Å². The van der Waals surface area contributed by atoms with Gasteiger partial charge < -0.3 is 14.2 Å². The molecule has 0 amide bonds. The second-order valence-electron chi connectivity index (χ2n) is 8.46. The summed E-state index contributed by atoms with van der Waals surface area (Å²) in [5.41, 5.74) is -0.266. The van der Waals surface area contributed by atoms with Crippen LogP contribution in [0.3, 0.4) is 0 Å². The summed E-state index contributed by atoms with van der Waals surface area (Å²) in [6, 6.07) is 0. The molecule has 0 spiro atoms. The summed E-state index contributed by atoms with van der Waals surface area (Å²) in [5.74, 6) is 2.11. The molecule has 0 saturated heterocycles. The first kappa shape index (κ1) is 18.7. The molecule has 0 aromatic carbocycles. The second kappa shape index (κ2) is 7.65. The minimum Gasteiger partial charge on any atom is -0.463 e. The average Bonchev–Trinajstić information content (AvgIpc) is 2.57. The van der Waals surface area contributed by atoms with Crippen molar-refractivity contribution in [3.05, 3.63) is 0 Å². The fraction of sp³-hybridized carbons (Fsp3) is 0.900. The standard InChI is InChI=1S/C20H32O5/c1-4-20(16-8-14-7-15(10-16)11-17(20)9-14)25-18(21)12-23-5-6-24-19(22)13(2)3/h13-17H,4-12H2,1-3H3. The van der Waals surface area contributed by atoms with Crippen LogP contribution in [0.5, 0.6) is 0 Å². The lowest BCUT2D eigenvalue weighted by Gasteiger charge is -2.60. The van der Waals surface area contributed by atoms with Gasteiger partial charge >= 0.3 is 11.9 Å². The molecule has 0 radical (unpaired) electrons. The van der Waals surface area contributed by atoms with E-state index in [0.717, 1.165) is 18.3 Å². The largest absolute Gasteiger partial charge is 0.463 e. The third kappa shape index (κ3) is 3.86. The van der Waals surface area contributed by atoms with E-state index in [2.05, 4.69) is 6.92 Å². The van der Waals surface area contributed by atoms with Gasteiger partial charge in [0.15, 0.2) is 0 Å². The summed E-state index contributed by atoms with van der Waals surface area (Å²) >= 11 is 0. The monoisotopic (exact) mass is 352 g/mol. The molecule has 0 aromatic heterocycles. The molecule has 0 N–H and O–H groups in total. The Morgan fingerprint density at radius 3 is 2.12 bits per heavy atom. The summed E-state index contributed by atoms with van der Waals surface area (Å²) < 4.78 is 16.5. The van der Waals surface area contributed by atoms with Crippen LogP contribution in [-0.2, 0) is 23.8 Å². The van der Waals surface area contributed by atoms with Crippen molar-refractivity contribution >= 4 is 11.9 Å². The summed E-state index contributed by atoms with van der Waals surface area (Å²) in [6.45, 7) is 6.07. The number of hydrogen-bond donors (Lipinski definition) is 0. The van der Waals surface area contributed by atoms with Crippen LogP contribution in [0.15, 0.2) is 0 Å².